The van der Waals surface area contributed by atoms with Gasteiger partial charge in [0.2, 0.25) is 0 Å². The van der Waals surface area contributed by atoms with Crippen LogP contribution in [-0.4, -0.2) is 59.0 Å². The number of fused-ring (bicyclic) bond motifs is 1. The van der Waals surface area contributed by atoms with Gasteiger partial charge in [-0.25, -0.2) is 9.97 Å². The minimum absolute atomic E-state index is 0.132. The van der Waals surface area contributed by atoms with Crippen molar-refractivity contribution in [3.63, 3.8) is 0 Å². The van der Waals surface area contributed by atoms with Crippen LogP contribution in [0.15, 0.2) is 58.0 Å². The third-order valence-corrected chi connectivity index (χ3v) is 6.18. The van der Waals surface area contributed by atoms with E-state index < -0.39 is 0 Å². The highest BCUT2D eigenvalue weighted by atomic mass is 16.5. The number of imidazole rings is 1. The number of aromatic amines is 1. The van der Waals surface area contributed by atoms with E-state index in [9.17, 15) is 4.79 Å². The fourth-order valence-electron chi connectivity index (χ4n) is 4.32. The van der Waals surface area contributed by atoms with Crippen LogP contribution < -0.4 is 15.4 Å². The van der Waals surface area contributed by atoms with Gasteiger partial charge in [-0.05, 0) is 19.1 Å². The molecule has 1 unspecified atom stereocenters. The van der Waals surface area contributed by atoms with Gasteiger partial charge in [-0.2, -0.15) is 5.10 Å². The van der Waals surface area contributed by atoms with Crippen LogP contribution in [0.5, 0.6) is 5.75 Å². The van der Waals surface area contributed by atoms with Crippen molar-refractivity contribution >= 4 is 29.2 Å². The second-order valence-electron chi connectivity index (χ2n) is 8.83. The number of carbonyl (C=O) groups is 1. The Morgan fingerprint density at radius 2 is 2.19 bits per heavy atom. The minimum Gasteiger partial charge on any atom is -0.490 e. The molecule has 11 heteroatoms. The summed E-state index contributed by atoms with van der Waals surface area (Å²) in [6.45, 7) is 6.89. The summed E-state index contributed by atoms with van der Waals surface area (Å²) in [6.07, 6.45) is 6.98. The first-order valence-corrected chi connectivity index (χ1v) is 11.8. The number of H-pyrrole nitrogens is 1. The van der Waals surface area contributed by atoms with Gasteiger partial charge < -0.3 is 29.5 Å². The molecule has 0 saturated carbocycles. The van der Waals surface area contributed by atoms with Crippen molar-refractivity contribution in [1.29, 1.82) is 0 Å². The highest BCUT2D eigenvalue weighted by Crippen LogP contribution is 2.30. The van der Waals surface area contributed by atoms with E-state index in [-0.39, 0.29) is 18.1 Å². The first-order chi connectivity index (χ1) is 17.5. The Kier molecular flexibility index (Phi) is 6.72. The van der Waals surface area contributed by atoms with Crippen LogP contribution in [0.1, 0.15) is 43.7 Å². The number of benzene rings is 1. The monoisotopic (exact) mass is 491 g/mol. The van der Waals surface area contributed by atoms with E-state index >= 15 is 0 Å². The first kappa shape index (κ1) is 23.6. The lowest BCUT2D eigenvalue weighted by Gasteiger charge is -2.26. The Labute approximate surface area is 208 Å². The molecule has 0 aliphatic carbocycles. The van der Waals surface area contributed by atoms with Gasteiger partial charge in [0.15, 0.2) is 6.39 Å². The summed E-state index contributed by atoms with van der Waals surface area (Å²) >= 11 is 0. The number of amides is 1. The van der Waals surface area contributed by atoms with E-state index in [1.807, 2.05) is 25.1 Å². The normalized spacial score (nSPS) is 18.8. The summed E-state index contributed by atoms with van der Waals surface area (Å²) in [7, 11) is 1.75. The Bertz CT molecular complexity index is 1310. The highest BCUT2D eigenvalue weighted by molar-refractivity contribution is 6.21. The molecule has 1 saturated heterocycles. The molecule has 36 heavy (non-hydrogen) atoms. The molecule has 4 heterocycles. The summed E-state index contributed by atoms with van der Waals surface area (Å²) in [6, 6.07) is 5.53. The van der Waals surface area contributed by atoms with Gasteiger partial charge >= 0.3 is 0 Å². The number of aromatic nitrogens is 3. The molecule has 3 aromatic rings. The van der Waals surface area contributed by atoms with Crippen molar-refractivity contribution in [2.45, 2.75) is 38.3 Å². The molecule has 2 aromatic heterocycles. The van der Waals surface area contributed by atoms with Crippen molar-refractivity contribution in [1.82, 2.24) is 30.6 Å². The van der Waals surface area contributed by atoms with E-state index in [0.29, 0.717) is 42.4 Å². The maximum absolute atomic E-state index is 13.3. The van der Waals surface area contributed by atoms with Gasteiger partial charge in [0.1, 0.15) is 35.2 Å². The zero-order valence-corrected chi connectivity index (χ0v) is 20.3. The zero-order chi connectivity index (χ0) is 25.1. The SMILES string of the molecule is C=NN(C)/C=C1\CC(NC(C)c2cocn2)=C(c2nc3ccc(OC4CCOCC4)cc3[nH]2)C(=O)N1. The quantitative estimate of drug-likeness (QED) is 0.324. The fourth-order valence-corrected chi connectivity index (χ4v) is 4.32. The van der Waals surface area contributed by atoms with Gasteiger partial charge in [0, 0.05) is 56.7 Å². The lowest BCUT2D eigenvalue weighted by molar-refractivity contribution is -0.115. The molecular formula is C25H29N7O4. The summed E-state index contributed by atoms with van der Waals surface area (Å²) in [5.41, 5.74) is 4.07. The Morgan fingerprint density at radius 1 is 1.36 bits per heavy atom. The summed E-state index contributed by atoms with van der Waals surface area (Å²) < 4.78 is 16.7. The van der Waals surface area contributed by atoms with Crippen LogP contribution in [0.4, 0.5) is 0 Å². The fraction of sp³-hybridized carbons (Fsp3) is 0.360. The second-order valence-corrected chi connectivity index (χ2v) is 8.83. The van der Waals surface area contributed by atoms with Crippen molar-refractivity contribution in [2.24, 2.45) is 5.10 Å². The predicted molar refractivity (Wildman–Crippen MR) is 134 cm³/mol. The molecule has 0 spiro atoms. The highest BCUT2D eigenvalue weighted by Gasteiger charge is 2.29. The molecule has 11 nitrogen and oxygen atoms in total. The van der Waals surface area contributed by atoms with Crippen molar-refractivity contribution in [3.8, 4) is 5.75 Å². The van der Waals surface area contributed by atoms with E-state index in [4.69, 9.17) is 18.9 Å². The number of nitrogens with zero attached hydrogens (tertiary/aromatic N) is 4. The first-order valence-electron chi connectivity index (χ1n) is 11.8. The molecule has 5 rings (SSSR count). The summed E-state index contributed by atoms with van der Waals surface area (Å²) in [4.78, 5) is 25.6. The molecule has 1 fully saturated rings. The molecule has 3 N–H and O–H groups in total. The number of nitrogens with one attached hydrogen (secondary N) is 3. The van der Waals surface area contributed by atoms with Gasteiger partial charge in [-0.1, -0.05) is 0 Å². The van der Waals surface area contributed by atoms with Gasteiger partial charge in [0.05, 0.1) is 30.3 Å². The van der Waals surface area contributed by atoms with Crippen LogP contribution in [0, 0.1) is 0 Å². The number of oxazole rings is 1. The number of hydrogen-bond acceptors (Lipinski definition) is 9. The van der Waals surface area contributed by atoms with Crippen molar-refractivity contribution in [2.75, 3.05) is 20.3 Å². The number of rotatable bonds is 8. The maximum atomic E-state index is 13.3. The third kappa shape index (κ3) is 5.10. The smallest absolute Gasteiger partial charge is 0.261 e. The van der Waals surface area contributed by atoms with E-state index in [1.165, 1.54) is 6.39 Å². The molecule has 2 aliphatic rings. The number of carbonyl (C=O) groups excluding carboxylic acids is 1. The summed E-state index contributed by atoms with van der Waals surface area (Å²) in [5, 5.41) is 11.8. The van der Waals surface area contributed by atoms with Crippen molar-refractivity contribution in [3.05, 3.63) is 60.0 Å². The average Bonchev–Trinajstić information content (AvgIpc) is 3.54. The zero-order valence-electron chi connectivity index (χ0n) is 20.3. The Hall–Kier alpha value is -4.12. The molecule has 1 aromatic carbocycles. The standard InChI is InChI=1S/C25H29N7O4/c1-15(22-13-35-14-27-22)28-21-10-16(12-32(3)26-2)29-25(33)23(21)24-30-19-5-4-18(11-20(19)31-24)36-17-6-8-34-9-7-17/h4-5,11-15,17,28H,2,6-10H2,1,3H3,(H,29,33)(H,30,31)/b16-12+. The van der Waals surface area contributed by atoms with E-state index in [1.54, 1.807) is 24.5 Å². The van der Waals surface area contributed by atoms with Crippen LogP contribution in [0.25, 0.3) is 16.6 Å². The number of hydrazone groups is 1. The number of ether oxygens (including phenoxy) is 2. The lowest BCUT2D eigenvalue weighted by Crippen LogP contribution is -2.35. The molecule has 2 aliphatic heterocycles. The maximum Gasteiger partial charge on any atom is 0.261 e. The van der Waals surface area contributed by atoms with Crippen molar-refractivity contribution < 1.29 is 18.7 Å². The lowest BCUT2D eigenvalue weighted by atomic mass is 10.0. The topological polar surface area (TPSA) is 130 Å². The largest absolute Gasteiger partial charge is 0.490 e. The minimum atomic E-state index is -0.280. The average molecular weight is 492 g/mol. The molecule has 188 valence electrons. The van der Waals surface area contributed by atoms with E-state index in [0.717, 1.165) is 35.3 Å². The number of hydrogen-bond donors (Lipinski definition) is 3. The van der Waals surface area contributed by atoms with Gasteiger partial charge in [0.25, 0.3) is 5.91 Å². The molecular weight excluding hydrogens is 462 g/mol. The Balaban J connectivity index is 1.48. The van der Waals surface area contributed by atoms with Crippen LogP contribution in [0.2, 0.25) is 0 Å². The van der Waals surface area contributed by atoms with E-state index in [2.05, 4.69) is 32.4 Å². The van der Waals surface area contributed by atoms with Crippen LogP contribution in [-0.2, 0) is 9.53 Å². The molecule has 1 atom stereocenters. The van der Waals surface area contributed by atoms with Crippen LogP contribution in [0.3, 0.4) is 0 Å². The van der Waals surface area contributed by atoms with Gasteiger partial charge in [-0.3, -0.25) is 9.80 Å². The molecule has 0 radical (unpaired) electrons. The predicted octanol–water partition coefficient (Wildman–Crippen LogP) is 3.08. The van der Waals surface area contributed by atoms with Crippen LogP contribution >= 0.6 is 0 Å². The second kappa shape index (κ2) is 10.2. The Morgan fingerprint density at radius 3 is 2.94 bits per heavy atom. The van der Waals surface area contributed by atoms with Gasteiger partial charge in [-0.15, -0.1) is 0 Å². The molecule has 1 amide bonds. The molecule has 0 bridgehead atoms. The summed E-state index contributed by atoms with van der Waals surface area (Å²) in [5.74, 6) is 0.947. The third-order valence-electron chi connectivity index (χ3n) is 6.18.